The second-order valence-corrected chi connectivity index (χ2v) is 11.5. The summed E-state index contributed by atoms with van der Waals surface area (Å²) in [6.45, 7) is 0. The van der Waals surface area contributed by atoms with Crippen LogP contribution in [0.2, 0.25) is 0 Å². The normalized spacial score (nSPS) is 17.7. The first-order valence-corrected chi connectivity index (χ1v) is 15.8. The van der Waals surface area contributed by atoms with Gasteiger partial charge in [0.1, 0.15) is 6.04 Å². The van der Waals surface area contributed by atoms with Crippen molar-refractivity contribution in [3.8, 4) is 0 Å². The number of hydrogen-bond donors (Lipinski definition) is 0. The monoisotopic (exact) mass is 657 g/mol. The minimum Gasteiger partial charge on any atom is -0.380 e. The van der Waals surface area contributed by atoms with E-state index in [2.05, 4.69) is 176 Å². The van der Waals surface area contributed by atoms with Crippen LogP contribution in [0.5, 0.6) is 0 Å². The molecule has 5 aromatic carbocycles. The number of benzene rings is 5. The van der Waals surface area contributed by atoms with Crippen molar-refractivity contribution in [1.82, 2.24) is 4.90 Å². The fraction of sp³-hybridized carbons (Fsp3) is 0.0444. The number of dihydropyridines is 1. The first-order valence-electron chi connectivity index (χ1n) is 15.8. The second-order valence-electron chi connectivity index (χ2n) is 11.5. The zero-order chi connectivity index (χ0) is 32.0. The van der Waals surface area contributed by atoms with E-state index in [1.807, 2.05) is 25.1 Å². The summed E-state index contributed by atoms with van der Waals surface area (Å²) in [5, 5.41) is 0. The third-order valence-electron chi connectivity index (χ3n) is 8.34. The van der Waals surface area contributed by atoms with Crippen molar-refractivity contribution in [1.29, 1.82) is 0 Å². The molecule has 0 N–H and O–H groups in total. The zero-order valence-corrected chi connectivity index (χ0v) is 27.9. The van der Waals surface area contributed by atoms with Crippen molar-refractivity contribution >= 4 is 6.21 Å². The van der Waals surface area contributed by atoms with Gasteiger partial charge in [-0.1, -0.05) is 152 Å². The summed E-state index contributed by atoms with van der Waals surface area (Å²) < 4.78 is 0. The molecular formula is C45H33FeN2. The van der Waals surface area contributed by atoms with Crippen molar-refractivity contribution in [2.45, 2.75) is 0 Å². The fourth-order valence-electron chi connectivity index (χ4n) is 6.29. The Kier molecular flexibility index (Phi) is 11.1. The van der Waals surface area contributed by atoms with Gasteiger partial charge in [-0.15, -0.1) is 0 Å². The van der Waals surface area contributed by atoms with Gasteiger partial charge in [-0.05, 0) is 33.9 Å². The summed E-state index contributed by atoms with van der Waals surface area (Å²) in [5.74, 6) is 7.38. The van der Waals surface area contributed by atoms with Crippen LogP contribution in [-0.2, 0) is 17.1 Å². The van der Waals surface area contributed by atoms with Gasteiger partial charge in [-0.25, -0.2) is 0 Å². The number of fused-ring (bicyclic) bond motifs is 1. The third kappa shape index (κ3) is 7.00. The Bertz CT molecular complexity index is 1490. The summed E-state index contributed by atoms with van der Waals surface area (Å²) in [4.78, 5) is 6.17. The standard InChI is InChI=1S/C35H25.C10H8N2.Fe/c1-6-16-26(17-7-1)31-32(27-18-8-2-9-19-27)34(29-22-12-4-13-23-29)35(30-24-14-5-15-25-30)33(31)28-20-10-3-11-21-28;1-12(2)10-6-7-11-9-5-3-4-8(9)10;/h1-25H;6-7H,1-2H3;. The van der Waals surface area contributed by atoms with Gasteiger partial charge in [0, 0.05) is 91.9 Å². The fourth-order valence-corrected chi connectivity index (χ4v) is 6.29. The van der Waals surface area contributed by atoms with Crippen LogP contribution in [0, 0.1) is 60.8 Å². The molecule has 0 bridgehead atoms. The summed E-state index contributed by atoms with van der Waals surface area (Å²) in [5.41, 5.74) is 7.24. The van der Waals surface area contributed by atoms with E-state index in [0.717, 1.165) is 17.7 Å². The molecule has 0 unspecified atom stereocenters. The first kappa shape index (κ1) is 33.7. The molecule has 48 heavy (non-hydrogen) atoms. The molecule has 0 amide bonds. The smallest absolute Gasteiger partial charge is 0.108 e. The van der Waals surface area contributed by atoms with Crippen LogP contribution in [0.4, 0.5) is 0 Å². The number of hydrogen-bond acceptors (Lipinski definition) is 2. The van der Waals surface area contributed by atoms with Gasteiger partial charge in [0.15, 0.2) is 0 Å². The maximum atomic E-state index is 4.14. The topological polar surface area (TPSA) is 15.6 Å². The van der Waals surface area contributed by atoms with Crippen LogP contribution in [0.1, 0.15) is 27.8 Å². The average molecular weight is 658 g/mol. The Balaban J connectivity index is 0.000000260. The second kappa shape index (κ2) is 15.8. The molecule has 3 heteroatoms. The minimum absolute atomic E-state index is 0. The van der Waals surface area contributed by atoms with E-state index in [0.29, 0.717) is 0 Å². The molecule has 1 heterocycles. The average Bonchev–Trinajstić information content (AvgIpc) is 3.77. The van der Waals surface area contributed by atoms with E-state index >= 15 is 0 Å². The quantitative estimate of drug-likeness (QED) is 0.167. The van der Waals surface area contributed by atoms with Gasteiger partial charge >= 0.3 is 0 Å². The SMILES string of the molecule is CN(C)C1=CC=N[C]2[C][C][C][C]21.[Fe].c1ccc([C]2[C](c3ccccc3)[C](c3ccccc3)[C](c3ccccc3)[C]2c2ccccc2)cc1. The molecule has 0 saturated heterocycles. The third-order valence-corrected chi connectivity index (χ3v) is 8.34. The van der Waals surface area contributed by atoms with Crippen molar-refractivity contribution in [3.63, 3.8) is 0 Å². The first-order chi connectivity index (χ1) is 23.2. The van der Waals surface area contributed by atoms with Gasteiger partial charge in [-0.3, -0.25) is 4.99 Å². The van der Waals surface area contributed by atoms with Gasteiger partial charge in [0.2, 0.25) is 0 Å². The molecular weight excluding hydrogens is 624 g/mol. The summed E-state index contributed by atoms with van der Waals surface area (Å²) in [7, 11) is 3.99. The molecule has 2 fully saturated rings. The number of nitrogens with zero attached hydrogens (tertiary/aromatic N) is 2. The van der Waals surface area contributed by atoms with Gasteiger partial charge < -0.3 is 4.90 Å². The predicted octanol–water partition coefficient (Wildman–Crippen LogP) is 8.99. The predicted molar refractivity (Wildman–Crippen MR) is 190 cm³/mol. The van der Waals surface area contributed by atoms with Crippen LogP contribution in [0.25, 0.3) is 0 Å². The molecule has 3 aliphatic rings. The largest absolute Gasteiger partial charge is 0.380 e. The minimum atomic E-state index is 0. The molecule has 0 atom stereocenters. The van der Waals surface area contributed by atoms with Gasteiger partial charge in [0.25, 0.3) is 0 Å². The van der Waals surface area contributed by atoms with Crippen LogP contribution < -0.4 is 0 Å². The van der Waals surface area contributed by atoms with Crippen LogP contribution in [0.3, 0.4) is 0 Å². The van der Waals surface area contributed by atoms with Gasteiger partial charge in [0.05, 0.1) is 5.92 Å². The van der Waals surface area contributed by atoms with Crippen LogP contribution in [0.15, 0.2) is 168 Å². The van der Waals surface area contributed by atoms with Gasteiger partial charge in [-0.2, -0.15) is 0 Å². The Morgan fingerprint density at radius 2 is 0.750 bits per heavy atom. The van der Waals surface area contributed by atoms with E-state index in [9.17, 15) is 0 Å². The zero-order valence-electron chi connectivity index (χ0n) is 26.8. The molecule has 2 aliphatic carbocycles. The molecule has 2 nitrogen and oxygen atoms in total. The Labute approximate surface area is 298 Å². The molecule has 5 aromatic rings. The van der Waals surface area contributed by atoms with Crippen molar-refractivity contribution in [3.05, 3.63) is 252 Å². The molecule has 231 valence electrons. The maximum Gasteiger partial charge on any atom is 0.108 e. The van der Waals surface area contributed by atoms with E-state index in [4.69, 9.17) is 0 Å². The van der Waals surface area contributed by atoms with Crippen LogP contribution >= 0.6 is 0 Å². The van der Waals surface area contributed by atoms with E-state index in [-0.39, 0.29) is 17.1 Å². The summed E-state index contributed by atoms with van der Waals surface area (Å²) >= 11 is 0. The molecule has 2 saturated carbocycles. The number of rotatable bonds is 6. The Hall–Kier alpha value is -4.17. The van der Waals surface area contributed by atoms with Crippen LogP contribution in [-0.4, -0.2) is 25.2 Å². The van der Waals surface area contributed by atoms with Crippen molar-refractivity contribution in [2.24, 2.45) is 4.99 Å². The maximum absolute atomic E-state index is 4.14. The number of aliphatic imine (C=N–C) groups is 1. The number of allylic oxidation sites excluding steroid dienone is 1. The van der Waals surface area contributed by atoms with E-state index in [1.54, 1.807) is 6.21 Å². The Morgan fingerprint density at radius 3 is 1.04 bits per heavy atom. The van der Waals surface area contributed by atoms with E-state index in [1.165, 1.54) is 57.4 Å². The van der Waals surface area contributed by atoms with E-state index < -0.39 is 0 Å². The molecule has 0 spiro atoms. The molecule has 0 aromatic heterocycles. The molecule has 1 aliphatic heterocycles. The summed E-state index contributed by atoms with van der Waals surface area (Å²) in [6, 6.07) is 55.0. The summed E-state index contributed by atoms with van der Waals surface area (Å²) in [6.07, 6.45) is 12.4. The molecule has 8 rings (SSSR count). The molecule has 13 radical (unpaired) electrons. The Morgan fingerprint density at radius 1 is 0.438 bits per heavy atom. The van der Waals surface area contributed by atoms with Crippen molar-refractivity contribution in [2.75, 3.05) is 14.1 Å². The van der Waals surface area contributed by atoms with Crippen molar-refractivity contribution < 1.29 is 17.1 Å².